The highest BCUT2D eigenvalue weighted by atomic mass is 19.4. The van der Waals surface area contributed by atoms with Gasteiger partial charge in [0.05, 0.1) is 0 Å². The predicted octanol–water partition coefficient (Wildman–Crippen LogP) is 1.80. The third kappa shape index (κ3) is 2.60. The van der Waals surface area contributed by atoms with Crippen LogP contribution >= 0.6 is 0 Å². The molecule has 8 heteroatoms. The molecule has 0 saturated heterocycles. The molecule has 0 aromatic heterocycles. The van der Waals surface area contributed by atoms with E-state index < -0.39 is 23.6 Å². The van der Waals surface area contributed by atoms with Gasteiger partial charge in [-0.05, 0) is 6.08 Å². The normalized spacial score (nSPS) is 23.9. The molecule has 4 nitrogen and oxygen atoms in total. The van der Waals surface area contributed by atoms with Gasteiger partial charge in [-0.3, -0.25) is 5.73 Å². The maximum absolute atomic E-state index is 13.6. The summed E-state index contributed by atoms with van der Waals surface area (Å²) in [7, 11) is 0. The van der Waals surface area contributed by atoms with Crippen LogP contribution in [0.15, 0.2) is 41.5 Å². The van der Waals surface area contributed by atoms with E-state index in [1.54, 1.807) is 0 Å². The largest absolute Gasteiger partial charge is 0.423 e. The first-order valence-corrected chi connectivity index (χ1v) is 5.63. The zero-order valence-corrected chi connectivity index (χ0v) is 10.2. The van der Waals surface area contributed by atoms with Crippen LogP contribution < -0.4 is 16.8 Å². The molecule has 0 spiro atoms. The zero-order valence-electron chi connectivity index (χ0n) is 10.2. The van der Waals surface area contributed by atoms with Crippen molar-refractivity contribution in [2.45, 2.75) is 18.0 Å². The average Bonchev–Trinajstić information content (AvgIpc) is 2.36. The number of rotatable bonds is 2. The molecule has 108 valence electrons. The van der Waals surface area contributed by atoms with Gasteiger partial charge in [-0.15, -0.1) is 0 Å². The average molecular weight is 288 g/mol. The van der Waals surface area contributed by atoms with E-state index in [1.165, 1.54) is 30.5 Å². The molecule has 1 aromatic carbocycles. The number of nitrogens with zero attached hydrogens (tertiary/aromatic N) is 1. The number of nitrogens with two attached hydrogens (primary N) is 2. The molecule has 0 fully saturated rings. The Bertz CT molecular complexity index is 567. The molecule has 0 amide bonds. The van der Waals surface area contributed by atoms with Crippen LogP contribution in [-0.4, -0.2) is 12.1 Å². The van der Waals surface area contributed by atoms with Gasteiger partial charge < -0.3 is 11.1 Å². The quantitative estimate of drug-likeness (QED) is 0.726. The minimum absolute atomic E-state index is 0.0628. The van der Waals surface area contributed by atoms with Crippen molar-refractivity contribution in [3.05, 3.63) is 47.7 Å². The number of guanidine groups is 1. The molecule has 0 aliphatic carbocycles. The fraction of sp³-hybridized carbons (Fsp3) is 0.250. The van der Waals surface area contributed by atoms with E-state index in [1.807, 2.05) is 0 Å². The van der Waals surface area contributed by atoms with Gasteiger partial charge in [0.2, 0.25) is 6.17 Å². The molecule has 1 heterocycles. The van der Waals surface area contributed by atoms with Crippen LogP contribution in [0.4, 0.5) is 17.6 Å². The molecular formula is C12H12F4N4. The van der Waals surface area contributed by atoms with Gasteiger partial charge in [-0.1, -0.05) is 24.3 Å². The number of halogens is 4. The van der Waals surface area contributed by atoms with E-state index in [4.69, 9.17) is 11.5 Å². The maximum atomic E-state index is 13.6. The van der Waals surface area contributed by atoms with Crippen LogP contribution in [0, 0.1) is 0 Å². The van der Waals surface area contributed by atoms with Gasteiger partial charge in [0.25, 0.3) is 0 Å². The molecule has 5 N–H and O–H groups in total. The highest BCUT2D eigenvalue weighted by Crippen LogP contribution is 2.40. The van der Waals surface area contributed by atoms with Crippen LogP contribution in [0.5, 0.6) is 0 Å². The van der Waals surface area contributed by atoms with Gasteiger partial charge in [-0.2, -0.15) is 13.2 Å². The topological polar surface area (TPSA) is 76.4 Å². The Labute approximate surface area is 112 Å². The van der Waals surface area contributed by atoms with E-state index >= 15 is 0 Å². The van der Waals surface area contributed by atoms with Crippen molar-refractivity contribution in [2.75, 3.05) is 0 Å². The standard InChI is InChI=1S/C12H12F4N4/c13-9(12(14,15)16)7-3-1-2-4-8(7)11(18)5-6-19-10(17)20-11/h1-6,9H,18H2,(H3,17,19,20). The predicted molar refractivity (Wildman–Crippen MR) is 66.1 cm³/mol. The van der Waals surface area contributed by atoms with Crippen molar-refractivity contribution in [2.24, 2.45) is 16.5 Å². The number of hydrogen-bond donors (Lipinski definition) is 3. The van der Waals surface area contributed by atoms with Crippen molar-refractivity contribution in [3.8, 4) is 0 Å². The van der Waals surface area contributed by atoms with Crippen molar-refractivity contribution < 1.29 is 17.6 Å². The third-order valence-electron chi connectivity index (χ3n) is 2.83. The summed E-state index contributed by atoms with van der Waals surface area (Å²) in [6.07, 6.45) is -5.50. The monoisotopic (exact) mass is 288 g/mol. The minimum Gasteiger partial charge on any atom is -0.370 e. The summed E-state index contributed by atoms with van der Waals surface area (Å²) in [5.74, 6) is -0.0628. The SMILES string of the molecule is NC1=NC(N)(c2ccccc2C(F)C(F)(F)F)C=CN1. The lowest BCUT2D eigenvalue weighted by Gasteiger charge is -2.28. The minimum atomic E-state index is -5.02. The van der Waals surface area contributed by atoms with E-state index in [9.17, 15) is 17.6 Å². The van der Waals surface area contributed by atoms with Gasteiger partial charge >= 0.3 is 6.18 Å². The molecule has 0 radical (unpaired) electrons. The van der Waals surface area contributed by atoms with Crippen molar-refractivity contribution >= 4 is 5.96 Å². The Morgan fingerprint density at radius 1 is 1.25 bits per heavy atom. The molecule has 1 aliphatic rings. The van der Waals surface area contributed by atoms with Crippen LogP contribution in [0.2, 0.25) is 0 Å². The summed E-state index contributed by atoms with van der Waals surface area (Å²) in [5, 5.41) is 2.54. The molecule has 1 aromatic rings. The van der Waals surface area contributed by atoms with Gasteiger partial charge in [0, 0.05) is 17.3 Å². The third-order valence-corrected chi connectivity index (χ3v) is 2.83. The van der Waals surface area contributed by atoms with Crippen molar-refractivity contribution in [1.82, 2.24) is 5.32 Å². The summed E-state index contributed by atoms with van der Waals surface area (Å²) in [4.78, 5) is 3.85. The highest BCUT2D eigenvalue weighted by molar-refractivity contribution is 5.80. The Morgan fingerprint density at radius 2 is 1.90 bits per heavy atom. The second kappa shape index (κ2) is 4.78. The number of alkyl halides is 4. The Hall–Kier alpha value is -2.09. The molecule has 2 atom stereocenters. The summed E-state index contributed by atoms with van der Waals surface area (Å²) < 4.78 is 51.4. The Balaban J connectivity index is 2.53. The molecule has 0 bridgehead atoms. The molecule has 1 aliphatic heterocycles. The number of hydrogen-bond acceptors (Lipinski definition) is 4. The van der Waals surface area contributed by atoms with Crippen molar-refractivity contribution in [1.29, 1.82) is 0 Å². The zero-order chi connectivity index (χ0) is 15.0. The van der Waals surface area contributed by atoms with Gasteiger partial charge in [-0.25, -0.2) is 9.38 Å². The fourth-order valence-electron chi connectivity index (χ4n) is 1.93. The summed E-state index contributed by atoms with van der Waals surface area (Å²) in [6.45, 7) is 0. The fourth-order valence-corrected chi connectivity index (χ4v) is 1.93. The second-order valence-electron chi connectivity index (χ2n) is 4.29. The second-order valence-corrected chi connectivity index (χ2v) is 4.29. The van der Waals surface area contributed by atoms with Gasteiger partial charge in [0.1, 0.15) is 0 Å². The lowest BCUT2D eigenvalue weighted by molar-refractivity contribution is -0.183. The van der Waals surface area contributed by atoms with E-state index in [0.717, 1.165) is 6.07 Å². The Kier molecular flexibility index (Phi) is 3.43. The van der Waals surface area contributed by atoms with E-state index in [-0.39, 0.29) is 11.5 Å². The molecular weight excluding hydrogens is 276 g/mol. The van der Waals surface area contributed by atoms with E-state index in [2.05, 4.69) is 10.3 Å². The van der Waals surface area contributed by atoms with Crippen molar-refractivity contribution in [3.63, 3.8) is 0 Å². The van der Waals surface area contributed by atoms with Gasteiger partial charge in [0.15, 0.2) is 11.6 Å². The summed E-state index contributed by atoms with van der Waals surface area (Å²) >= 11 is 0. The highest BCUT2D eigenvalue weighted by Gasteiger charge is 2.44. The van der Waals surface area contributed by atoms with Crippen LogP contribution in [0.3, 0.4) is 0 Å². The summed E-state index contributed by atoms with van der Waals surface area (Å²) in [6, 6.07) is 5.08. The molecule has 0 saturated carbocycles. The maximum Gasteiger partial charge on any atom is 0.423 e. The molecule has 2 unspecified atom stereocenters. The first kappa shape index (κ1) is 14.3. The molecule has 2 rings (SSSR count). The smallest absolute Gasteiger partial charge is 0.370 e. The van der Waals surface area contributed by atoms with Crippen LogP contribution in [-0.2, 0) is 5.66 Å². The first-order chi connectivity index (χ1) is 9.24. The number of nitrogens with one attached hydrogen (secondary N) is 1. The lowest BCUT2D eigenvalue weighted by Crippen LogP contribution is -2.43. The number of benzene rings is 1. The Morgan fingerprint density at radius 3 is 2.50 bits per heavy atom. The molecule has 20 heavy (non-hydrogen) atoms. The summed E-state index contributed by atoms with van der Waals surface area (Å²) in [5.41, 5.74) is 9.07. The van der Waals surface area contributed by atoms with E-state index in [0.29, 0.717) is 0 Å². The number of aliphatic imine (C=N–C) groups is 1. The van der Waals surface area contributed by atoms with Crippen LogP contribution in [0.1, 0.15) is 17.3 Å². The first-order valence-electron chi connectivity index (χ1n) is 5.63. The van der Waals surface area contributed by atoms with Crippen LogP contribution in [0.25, 0.3) is 0 Å². The lowest BCUT2D eigenvalue weighted by atomic mass is 9.92.